The Bertz CT molecular complexity index is 564. The molecule has 3 nitrogen and oxygen atoms in total. The highest BCUT2D eigenvalue weighted by molar-refractivity contribution is 7.10. The first kappa shape index (κ1) is 14.7. The molecule has 0 aliphatic rings. The smallest absolute Gasteiger partial charge is 0.203 e. The minimum atomic E-state index is 0.294. The van der Waals surface area contributed by atoms with Crippen LogP contribution < -0.4 is 14.2 Å². The molecule has 0 aliphatic heterocycles. The zero-order chi connectivity index (χ0) is 14.7. The third-order valence-corrected chi connectivity index (χ3v) is 4.60. The summed E-state index contributed by atoms with van der Waals surface area (Å²) in [5.41, 5.74) is 2.45. The van der Waals surface area contributed by atoms with Gasteiger partial charge in [-0.25, -0.2) is 0 Å². The van der Waals surface area contributed by atoms with Gasteiger partial charge in [-0.15, -0.1) is 11.3 Å². The number of hydrogen-bond acceptors (Lipinski definition) is 4. The van der Waals surface area contributed by atoms with Gasteiger partial charge >= 0.3 is 0 Å². The van der Waals surface area contributed by atoms with Crippen LogP contribution in [-0.4, -0.2) is 21.3 Å². The van der Waals surface area contributed by atoms with E-state index in [2.05, 4.69) is 25.3 Å². The van der Waals surface area contributed by atoms with Crippen molar-refractivity contribution >= 4 is 11.3 Å². The van der Waals surface area contributed by atoms with Gasteiger partial charge < -0.3 is 14.2 Å². The van der Waals surface area contributed by atoms with Crippen molar-refractivity contribution in [1.82, 2.24) is 0 Å². The van der Waals surface area contributed by atoms with E-state index in [1.54, 1.807) is 32.7 Å². The van der Waals surface area contributed by atoms with Gasteiger partial charge in [0.25, 0.3) is 0 Å². The summed E-state index contributed by atoms with van der Waals surface area (Å²) in [5, 5.41) is 2.17. The first-order valence-electron chi connectivity index (χ1n) is 6.45. The molecular weight excluding hydrogens is 272 g/mol. The Balaban J connectivity index is 2.46. The molecular formula is C16H20O3S. The summed E-state index contributed by atoms with van der Waals surface area (Å²) >= 11 is 1.78. The van der Waals surface area contributed by atoms with Crippen LogP contribution in [0.1, 0.15) is 28.8 Å². The lowest BCUT2D eigenvalue weighted by molar-refractivity contribution is 0.323. The molecule has 1 unspecified atom stereocenters. The number of methoxy groups -OCH3 is 3. The lowest BCUT2D eigenvalue weighted by Crippen LogP contribution is -1.99. The van der Waals surface area contributed by atoms with Gasteiger partial charge in [-0.3, -0.25) is 0 Å². The second-order valence-corrected chi connectivity index (χ2v) is 5.65. The zero-order valence-corrected chi connectivity index (χ0v) is 13.3. The minimum Gasteiger partial charge on any atom is -0.493 e. The van der Waals surface area contributed by atoms with Gasteiger partial charge in [0.1, 0.15) is 0 Å². The van der Waals surface area contributed by atoms with Gasteiger partial charge in [0.2, 0.25) is 5.75 Å². The van der Waals surface area contributed by atoms with Crippen LogP contribution in [0.25, 0.3) is 0 Å². The zero-order valence-electron chi connectivity index (χ0n) is 12.5. The lowest BCUT2D eigenvalue weighted by Gasteiger charge is -2.17. The molecule has 0 fully saturated rings. The quantitative estimate of drug-likeness (QED) is 0.825. The van der Waals surface area contributed by atoms with E-state index in [4.69, 9.17) is 14.2 Å². The van der Waals surface area contributed by atoms with E-state index in [0.717, 1.165) is 5.56 Å². The van der Waals surface area contributed by atoms with Crippen molar-refractivity contribution in [2.45, 2.75) is 19.8 Å². The average Bonchev–Trinajstić information content (AvgIpc) is 2.91. The summed E-state index contributed by atoms with van der Waals surface area (Å²) in [5.74, 6) is 2.32. The molecule has 2 rings (SSSR count). The van der Waals surface area contributed by atoms with Crippen LogP contribution in [-0.2, 0) is 0 Å². The Morgan fingerprint density at radius 1 is 0.950 bits per heavy atom. The van der Waals surface area contributed by atoms with Crippen LogP contribution in [0.15, 0.2) is 23.6 Å². The Hall–Kier alpha value is -1.68. The molecule has 0 saturated carbocycles. The van der Waals surface area contributed by atoms with Gasteiger partial charge in [0.15, 0.2) is 11.5 Å². The number of benzene rings is 1. The van der Waals surface area contributed by atoms with Crippen molar-refractivity contribution in [3.63, 3.8) is 0 Å². The Labute approximate surface area is 124 Å². The number of hydrogen-bond donors (Lipinski definition) is 0. The summed E-state index contributed by atoms with van der Waals surface area (Å²) in [7, 11) is 4.90. The van der Waals surface area contributed by atoms with Crippen molar-refractivity contribution in [2.75, 3.05) is 21.3 Å². The molecule has 1 aromatic heterocycles. The maximum absolute atomic E-state index is 5.41. The number of ether oxygens (including phenoxy) is 3. The van der Waals surface area contributed by atoms with Crippen LogP contribution >= 0.6 is 11.3 Å². The van der Waals surface area contributed by atoms with E-state index in [1.165, 1.54) is 10.4 Å². The van der Waals surface area contributed by atoms with E-state index in [1.807, 2.05) is 12.1 Å². The maximum atomic E-state index is 5.41. The predicted molar refractivity (Wildman–Crippen MR) is 82.7 cm³/mol. The average molecular weight is 292 g/mol. The Morgan fingerprint density at radius 2 is 1.55 bits per heavy atom. The molecule has 4 heteroatoms. The minimum absolute atomic E-state index is 0.294. The van der Waals surface area contributed by atoms with Crippen molar-refractivity contribution < 1.29 is 14.2 Å². The Kier molecular flexibility index (Phi) is 4.55. The summed E-state index contributed by atoms with van der Waals surface area (Å²) in [4.78, 5) is 1.33. The SMILES string of the molecule is COc1cc(C(C)c2cc(C)cs2)cc(OC)c1OC. The highest BCUT2D eigenvalue weighted by Gasteiger charge is 2.18. The van der Waals surface area contributed by atoms with Crippen LogP contribution in [0.4, 0.5) is 0 Å². The normalized spacial score (nSPS) is 12.1. The Morgan fingerprint density at radius 3 is 1.95 bits per heavy atom. The molecule has 1 aromatic carbocycles. The molecule has 2 aromatic rings. The topological polar surface area (TPSA) is 27.7 Å². The fourth-order valence-corrected chi connectivity index (χ4v) is 3.18. The molecule has 0 aliphatic carbocycles. The van der Waals surface area contributed by atoms with E-state index >= 15 is 0 Å². The van der Waals surface area contributed by atoms with Gasteiger partial charge in [0.05, 0.1) is 21.3 Å². The summed E-state index contributed by atoms with van der Waals surface area (Å²) in [6.07, 6.45) is 0. The second kappa shape index (κ2) is 6.18. The maximum Gasteiger partial charge on any atom is 0.203 e. The molecule has 0 radical (unpaired) electrons. The summed E-state index contributed by atoms with van der Waals surface area (Å²) in [6, 6.07) is 6.25. The van der Waals surface area contributed by atoms with E-state index in [0.29, 0.717) is 23.2 Å². The first-order chi connectivity index (χ1) is 9.60. The van der Waals surface area contributed by atoms with Crippen LogP contribution in [0, 0.1) is 6.92 Å². The third-order valence-electron chi connectivity index (χ3n) is 3.36. The van der Waals surface area contributed by atoms with Crippen molar-refractivity contribution in [2.24, 2.45) is 0 Å². The largest absolute Gasteiger partial charge is 0.493 e. The van der Waals surface area contributed by atoms with E-state index < -0.39 is 0 Å². The van der Waals surface area contributed by atoms with Crippen LogP contribution in [0.3, 0.4) is 0 Å². The standard InChI is InChI=1S/C16H20O3S/c1-10-6-15(20-9-10)11(2)12-7-13(17-3)16(19-5)14(8-12)18-4/h6-9,11H,1-5H3. The van der Waals surface area contributed by atoms with Crippen molar-refractivity contribution in [1.29, 1.82) is 0 Å². The fraction of sp³-hybridized carbons (Fsp3) is 0.375. The van der Waals surface area contributed by atoms with Crippen molar-refractivity contribution in [3.05, 3.63) is 39.6 Å². The molecule has 1 atom stereocenters. The van der Waals surface area contributed by atoms with Gasteiger partial charge in [-0.2, -0.15) is 0 Å². The fourth-order valence-electron chi connectivity index (χ4n) is 2.20. The van der Waals surface area contributed by atoms with Gasteiger partial charge in [-0.1, -0.05) is 6.92 Å². The molecule has 0 N–H and O–H groups in total. The first-order valence-corrected chi connectivity index (χ1v) is 7.33. The number of rotatable bonds is 5. The number of aryl methyl sites for hydroxylation is 1. The molecule has 1 heterocycles. The van der Waals surface area contributed by atoms with Gasteiger partial charge in [-0.05, 0) is 41.6 Å². The predicted octanol–water partition coefficient (Wildman–Crippen LogP) is 4.23. The third kappa shape index (κ3) is 2.75. The monoisotopic (exact) mass is 292 g/mol. The van der Waals surface area contributed by atoms with Crippen LogP contribution in [0.5, 0.6) is 17.2 Å². The molecule has 0 amide bonds. The van der Waals surface area contributed by atoms with E-state index in [-0.39, 0.29) is 0 Å². The van der Waals surface area contributed by atoms with Gasteiger partial charge in [0, 0.05) is 10.8 Å². The second-order valence-electron chi connectivity index (χ2n) is 4.71. The van der Waals surface area contributed by atoms with E-state index in [9.17, 15) is 0 Å². The lowest BCUT2D eigenvalue weighted by atomic mass is 9.98. The molecule has 0 saturated heterocycles. The van der Waals surface area contributed by atoms with Crippen molar-refractivity contribution in [3.8, 4) is 17.2 Å². The molecule has 0 bridgehead atoms. The summed E-state index contributed by atoms with van der Waals surface area (Å²) in [6.45, 7) is 4.30. The molecule has 20 heavy (non-hydrogen) atoms. The molecule has 108 valence electrons. The highest BCUT2D eigenvalue weighted by atomic mass is 32.1. The number of thiophene rings is 1. The van der Waals surface area contributed by atoms with Crippen LogP contribution in [0.2, 0.25) is 0 Å². The summed E-state index contributed by atoms with van der Waals surface area (Å²) < 4.78 is 16.2. The highest BCUT2D eigenvalue weighted by Crippen LogP contribution is 2.41. The molecule has 0 spiro atoms.